The molecule has 1 unspecified atom stereocenters. The zero-order valence-electron chi connectivity index (χ0n) is 13.2. The highest BCUT2D eigenvalue weighted by Crippen LogP contribution is 2.22. The van der Waals surface area contributed by atoms with Gasteiger partial charge in [0.25, 0.3) is 0 Å². The lowest BCUT2D eigenvalue weighted by atomic mass is 10.1. The number of hydrogen-bond donors (Lipinski definition) is 0. The topological polar surface area (TPSA) is 57.7 Å². The highest BCUT2D eigenvalue weighted by Gasteiger charge is 2.38. The molecule has 5 nitrogen and oxygen atoms in total. The molecule has 0 radical (unpaired) electrons. The summed E-state index contributed by atoms with van der Waals surface area (Å²) < 4.78 is 24.9. The van der Waals surface area contributed by atoms with E-state index in [1.807, 2.05) is 37.3 Å². The van der Waals surface area contributed by atoms with Crippen LogP contribution in [-0.2, 0) is 21.2 Å². The van der Waals surface area contributed by atoms with Gasteiger partial charge < -0.3 is 4.90 Å². The molecule has 22 heavy (non-hydrogen) atoms. The lowest BCUT2D eigenvalue weighted by Crippen LogP contribution is -2.47. The predicted octanol–water partition coefficient (Wildman–Crippen LogP) is 1.50. The number of likely N-dealkylation sites (N-methyl/N-ethyl adjacent to an activating group) is 1. The molecule has 122 valence electrons. The summed E-state index contributed by atoms with van der Waals surface area (Å²) in [6.45, 7) is 3.60. The van der Waals surface area contributed by atoms with E-state index >= 15 is 0 Å². The van der Waals surface area contributed by atoms with Crippen LogP contribution < -0.4 is 0 Å². The highest BCUT2D eigenvalue weighted by molar-refractivity contribution is 7.88. The Kier molecular flexibility index (Phi) is 5.58. The molecule has 1 amide bonds. The van der Waals surface area contributed by atoms with Crippen molar-refractivity contribution in [2.24, 2.45) is 0 Å². The van der Waals surface area contributed by atoms with Crippen LogP contribution in [-0.4, -0.2) is 55.5 Å². The van der Waals surface area contributed by atoms with Crippen molar-refractivity contribution in [3.63, 3.8) is 0 Å². The predicted molar refractivity (Wildman–Crippen MR) is 87.0 cm³/mol. The Morgan fingerprint density at radius 2 is 2.00 bits per heavy atom. The van der Waals surface area contributed by atoms with Gasteiger partial charge in [-0.25, -0.2) is 8.42 Å². The molecule has 1 heterocycles. The van der Waals surface area contributed by atoms with E-state index in [4.69, 9.17) is 0 Å². The molecule has 0 aromatic heterocycles. The van der Waals surface area contributed by atoms with Crippen LogP contribution in [0.5, 0.6) is 0 Å². The zero-order valence-corrected chi connectivity index (χ0v) is 14.1. The first-order chi connectivity index (χ1) is 10.4. The van der Waals surface area contributed by atoms with Crippen molar-refractivity contribution in [1.82, 2.24) is 9.21 Å². The van der Waals surface area contributed by atoms with E-state index in [-0.39, 0.29) is 5.91 Å². The van der Waals surface area contributed by atoms with Gasteiger partial charge in [0.2, 0.25) is 15.9 Å². The minimum Gasteiger partial charge on any atom is -0.341 e. The standard InChI is InChI=1S/C16H24N2O3S/c1-3-17(13-11-14-8-5-4-6-9-14)16(19)15-10-7-12-18(15)22(2,20)21/h4-6,8-9,15H,3,7,10-13H2,1-2H3. The van der Waals surface area contributed by atoms with Crippen LogP contribution in [0.2, 0.25) is 0 Å². The van der Waals surface area contributed by atoms with E-state index in [1.54, 1.807) is 4.90 Å². The van der Waals surface area contributed by atoms with Crippen molar-refractivity contribution in [2.45, 2.75) is 32.2 Å². The van der Waals surface area contributed by atoms with Crippen molar-refractivity contribution in [3.8, 4) is 0 Å². The van der Waals surface area contributed by atoms with Gasteiger partial charge in [0.15, 0.2) is 0 Å². The maximum Gasteiger partial charge on any atom is 0.241 e. The van der Waals surface area contributed by atoms with Gasteiger partial charge in [-0.3, -0.25) is 4.79 Å². The number of amides is 1. The average molecular weight is 324 g/mol. The maximum atomic E-state index is 12.7. The fraction of sp³-hybridized carbons (Fsp3) is 0.562. The largest absolute Gasteiger partial charge is 0.341 e. The van der Waals surface area contributed by atoms with E-state index in [9.17, 15) is 13.2 Å². The molecule has 0 bridgehead atoms. The van der Waals surface area contributed by atoms with Gasteiger partial charge in [-0.15, -0.1) is 0 Å². The van der Waals surface area contributed by atoms with Gasteiger partial charge in [-0.1, -0.05) is 30.3 Å². The third kappa shape index (κ3) is 4.08. The van der Waals surface area contributed by atoms with Crippen LogP contribution in [0.1, 0.15) is 25.3 Å². The third-order valence-corrected chi connectivity index (χ3v) is 5.41. The number of carbonyl (C=O) groups excluding carboxylic acids is 1. The van der Waals surface area contributed by atoms with Crippen LogP contribution in [0, 0.1) is 0 Å². The molecular formula is C16H24N2O3S. The average Bonchev–Trinajstić information content (AvgIpc) is 2.98. The summed E-state index contributed by atoms with van der Waals surface area (Å²) in [5.74, 6) is -0.0682. The summed E-state index contributed by atoms with van der Waals surface area (Å²) in [6, 6.07) is 9.49. The molecule has 0 saturated carbocycles. The number of nitrogens with zero attached hydrogens (tertiary/aromatic N) is 2. The van der Waals surface area contributed by atoms with Crippen molar-refractivity contribution in [2.75, 3.05) is 25.9 Å². The summed E-state index contributed by atoms with van der Waals surface area (Å²) in [5.41, 5.74) is 1.18. The van der Waals surface area contributed by atoms with E-state index < -0.39 is 16.1 Å². The minimum atomic E-state index is -3.32. The second kappa shape index (κ2) is 7.24. The van der Waals surface area contributed by atoms with Gasteiger partial charge in [0.1, 0.15) is 6.04 Å². The van der Waals surface area contributed by atoms with Gasteiger partial charge in [0, 0.05) is 19.6 Å². The molecule has 0 aliphatic carbocycles. The molecule has 1 saturated heterocycles. The van der Waals surface area contributed by atoms with Crippen molar-refractivity contribution < 1.29 is 13.2 Å². The third-order valence-electron chi connectivity index (χ3n) is 4.12. The number of rotatable bonds is 6. The Labute approximate surface area is 133 Å². The van der Waals surface area contributed by atoms with Crippen molar-refractivity contribution in [1.29, 1.82) is 0 Å². The molecular weight excluding hydrogens is 300 g/mol. The molecule has 0 spiro atoms. The number of carbonyl (C=O) groups is 1. The second-order valence-corrected chi connectivity index (χ2v) is 7.62. The molecule has 1 aromatic rings. The Balaban J connectivity index is 2.02. The smallest absolute Gasteiger partial charge is 0.241 e. The first-order valence-electron chi connectivity index (χ1n) is 7.73. The first-order valence-corrected chi connectivity index (χ1v) is 9.58. The Morgan fingerprint density at radius 3 is 2.59 bits per heavy atom. The fourth-order valence-corrected chi connectivity index (χ4v) is 4.05. The molecule has 1 fully saturated rings. The van der Waals surface area contributed by atoms with Crippen LogP contribution in [0.15, 0.2) is 30.3 Å². The SMILES string of the molecule is CCN(CCc1ccccc1)C(=O)C1CCCN1S(C)(=O)=O. The maximum absolute atomic E-state index is 12.7. The molecule has 1 aromatic carbocycles. The summed E-state index contributed by atoms with van der Waals surface area (Å²) in [5, 5.41) is 0. The molecule has 1 aliphatic heterocycles. The van der Waals surface area contributed by atoms with Crippen LogP contribution in [0.4, 0.5) is 0 Å². The molecule has 6 heteroatoms. The summed E-state index contributed by atoms with van der Waals surface area (Å²) in [6.07, 6.45) is 3.33. The Bertz CT molecular complexity index is 601. The first kappa shape index (κ1) is 17.0. The van der Waals surface area contributed by atoms with Gasteiger partial charge >= 0.3 is 0 Å². The summed E-state index contributed by atoms with van der Waals surface area (Å²) in [4.78, 5) is 14.4. The number of sulfonamides is 1. The minimum absolute atomic E-state index is 0.0682. The summed E-state index contributed by atoms with van der Waals surface area (Å²) >= 11 is 0. The monoisotopic (exact) mass is 324 g/mol. The molecule has 2 rings (SSSR count). The van der Waals surface area contributed by atoms with Crippen LogP contribution >= 0.6 is 0 Å². The van der Waals surface area contributed by atoms with Gasteiger partial charge in [-0.2, -0.15) is 4.31 Å². The zero-order chi connectivity index (χ0) is 16.2. The van der Waals surface area contributed by atoms with Gasteiger partial charge in [-0.05, 0) is 31.7 Å². The van der Waals surface area contributed by atoms with Crippen molar-refractivity contribution >= 4 is 15.9 Å². The van der Waals surface area contributed by atoms with E-state index in [0.29, 0.717) is 26.1 Å². The lowest BCUT2D eigenvalue weighted by molar-refractivity contribution is -0.134. The lowest BCUT2D eigenvalue weighted by Gasteiger charge is -2.28. The van der Waals surface area contributed by atoms with Crippen molar-refractivity contribution in [3.05, 3.63) is 35.9 Å². The number of hydrogen-bond acceptors (Lipinski definition) is 3. The Hall–Kier alpha value is -1.40. The second-order valence-electron chi connectivity index (χ2n) is 5.69. The van der Waals surface area contributed by atoms with E-state index in [1.165, 1.54) is 16.1 Å². The number of benzene rings is 1. The fourth-order valence-electron chi connectivity index (χ4n) is 2.93. The normalized spacial score (nSPS) is 19.3. The van der Waals surface area contributed by atoms with Crippen LogP contribution in [0.3, 0.4) is 0 Å². The van der Waals surface area contributed by atoms with E-state index in [2.05, 4.69) is 0 Å². The summed E-state index contributed by atoms with van der Waals surface area (Å²) in [7, 11) is -3.32. The van der Waals surface area contributed by atoms with Crippen LogP contribution in [0.25, 0.3) is 0 Å². The van der Waals surface area contributed by atoms with Gasteiger partial charge in [0.05, 0.1) is 6.26 Å². The molecule has 1 atom stereocenters. The van der Waals surface area contributed by atoms with E-state index in [0.717, 1.165) is 12.8 Å². The Morgan fingerprint density at radius 1 is 1.32 bits per heavy atom. The molecule has 0 N–H and O–H groups in total. The molecule has 1 aliphatic rings. The highest BCUT2D eigenvalue weighted by atomic mass is 32.2. The quantitative estimate of drug-likeness (QED) is 0.797.